The Morgan fingerprint density at radius 1 is 1.07 bits per heavy atom. The van der Waals surface area contributed by atoms with E-state index in [1.807, 2.05) is 0 Å². The van der Waals surface area contributed by atoms with E-state index in [0.717, 1.165) is 0 Å². The standard InChI is InChI=1S/C11H18O.ClH.Ti/c1-7-8(2)10(6-12)11(4,5)9(7)3;;/h12H,6H2,1-5H3;1H;. The van der Waals surface area contributed by atoms with Gasteiger partial charge in [-0.1, -0.05) is 19.4 Å². The van der Waals surface area contributed by atoms with Crippen LogP contribution < -0.4 is 0 Å². The van der Waals surface area contributed by atoms with Gasteiger partial charge in [-0.15, -0.1) is 12.4 Å². The molecule has 0 amide bonds. The molecule has 0 radical (unpaired) electrons. The molecule has 0 aromatic rings. The third-order valence-electron chi connectivity index (χ3n) is 3.43. The molecular weight excluding hydrogens is 231 g/mol. The molecule has 0 aromatic carbocycles. The molecule has 0 saturated carbocycles. The Bertz CT molecular complexity index is 277. The van der Waals surface area contributed by atoms with Gasteiger partial charge < -0.3 is 5.11 Å². The Kier molecular flexibility index (Phi) is 6.63. The predicted octanol–water partition coefficient (Wildman–Crippen LogP) is 3.09. The van der Waals surface area contributed by atoms with Gasteiger partial charge in [-0.05, 0) is 37.5 Å². The SMILES string of the molecule is CC1=C(C)C(C)(C)C(CO)=C1C.Cl.[Ti]. The second-order valence-corrected chi connectivity index (χ2v) is 4.14. The van der Waals surface area contributed by atoms with Crippen LogP contribution in [0.5, 0.6) is 0 Å². The van der Waals surface area contributed by atoms with Crippen LogP contribution in [0.1, 0.15) is 34.6 Å². The molecule has 0 bridgehead atoms. The third kappa shape index (κ3) is 2.33. The first-order valence-electron chi connectivity index (χ1n) is 4.42. The van der Waals surface area contributed by atoms with Crippen LogP contribution in [0.4, 0.5) is 0 Å². The molecule has 3 heteroatoms. The molecule has 1 N–H and O–H groups in total. The van der Waals surface area contributed by atoms with E-state index in [4.69, 9.17) is 0 Å². The summed E-state index contributed by atoms with van der Waals surface area (Å²) >= 11 is 0. The van der Waals surface area contributed by atoms with Crippen molar-refractivity contribution in [2.75, 3.05) is 6.61 Å². The molecule has 1 rings (SSSR count). The van der Waals surface area contributed by atoms with E-state index >= 15 is 0 Å². The fourth-order valence-electron chi connectivity index (χ4n) is 1.99. The van der Waals surface area contributed by atoms with Gasteiger partial charge in [0.05, 0.1) is 6.61 Å². The number of hydrogen-bond donors (Lipinski definition) is 1. The minimum Gasteiger partial charge on any atom is -0.392 e. The average molecular weight is 251 g/mol. The second-order valence-electron chi connectivity index (χ2n) is 4.14. The molecular formula is C11H19ClOTi. The average Bonchev–Trinajstić information content (AvgIpc) is 2.13. The van der Waals surface area contributed by atoms with Crippen molar-refractivity contribution in [3.63, 3.8) is 0 Å². The zero-order valence-corrected chi connectivity index (χ0v) is 11.9. The van der Waals surface area contributed by atoms with Gasteiger partial charge in [-0.3, -0.25) is 0 Å². The van der Waals surface area contributed by atoms with E-state index < -0.39 is 0 Å². The summed E-state index contributed by atoms with van der Waals surface area (Å²) in [5.74, 6) is 0. The van der Waals surface area contributed by atoms with Gasteiger partial charge in [-0.2, -0.15) is 0 Å². The van der Waals surface area contributed by atoms with Crippen LogP contribution >= 0.6 is 12.4 Å². The van der Waals surface area contributed by atoms with Gasteiger partial charge in [0.25, 0.3) is 0 Å². The predicted molar refractivity (Wildman–Crippen MR) is 59.2 cm³/mol. The third-order valence-corrected chi connectivity index (χ3v) is 3.43. The Morgan fingerprint density at radius 2 is 1.50 bits per heavy atom. The molecule has 0 heterocycles. The van der Waals surface area contributed by atoms with Gasteiger partial charge >= 0.3 is 0 Å². The van der Waals surface area contributed by atoms with Crippen LogP contribution in [-0.4, -0.2) is 11.7 Å². The van der Waals surface area contributed by atoms with Gasteiger partial charge in [0.2, 0.25) is 0 Å². The van der Waals surface area contributed by atoms with E-state index in [2.05, 4.69) is 34.6 Å². The Labute approximate surface area is 108 Å². The van der Waals surface area contributed by atoms with Crippen molar-refractivity contribution in [3.8, 4) is 0 Å². The summed E-state index contributed by atoms with van der Waals surface area (Å²) in [6.45, 7) is 10.9. The number of halogens is 1. The molecule has 1 aliphatic carbocycles. The fraction of sp³-hybridized carbons (Fsp3) is 0.636. The molecule has 0 fully saturated rings. The first kappa shape index (κ1) is 16.9. The Hall–Kier alpha value is 0.444. The second kappa shape index (κ2) is 5.51. The molecule has 1 aliphatic rings. The number of aliphatic hydroxyl groups is 1. The first-order chi connectivity index (χ1) is 5.42. The fourth-order valence-corrected chi connectivity index (χ4v) is 1.99. The zero-order chi connectivity index (χ0) is 9.52. The van der Waals surface area contributed by atoms with Gasteiger partial charge in [0, 0.05) is 27.1 Å². The van der Waals surface area contributed by atoms with Crippen molar-refractivity contribution in [3.05, 3.63) is 22.3 Å². The first-order valence-corrected chi connectivity index (χ1v) is 4.42. The molecule has 0 aliphatic heterocycles. The summed E-state index contributed by atoms with van der Waals surface area (Å²) in [5, 5.41) is 9.22. The number of allylic oxidation sites excluding steroid dienone is 3. The minimum atomic E-state index is 0. The quantitative estimate of drug-likeness (QED) is 0.709. The number of rotatable bonds is 1. The summed E-state index contributed by atoms with van der Waals surface area (Å²) < 4.78 is 0. The van der Waals surface area contributed by atoms with Gasteiger partial charge in [0.1, 0.15) is 0 Å². The maximum atomic E-state index is 9.22. The maximum absolute atomic E-state index is 9.22. The maximum Gasteiger partial charge on any atom is 0.0655 e. The van der Waals surface area contributed by atoms with Crippen molar-refractivity contribution in [2.24, 2.45) is 5.41 Å². The van der Waals surface area contributed by atoms with Crippen molar-refractivity contribution in [1.82, 2.24) is 0 Å². The smallest absolute Gasteiger partial charge is 0.0655 e. The summed E-state index contributed by atoms with van der Waals surface area (Å²) in [7, 11) is 0. The summed E-state index contributed by atoms with van der Waals surface area (Å²) in [5.41, 5.74) is 5.27. The summed E-state index contributed by atoms with van der Waals surface area (Å²) in [6, 6.07) is 0. The molecule has 0 spiro atoms. The van der Waals surface area contributed by atoms with Crippen LogP contribution in [0.2, 0.25) is 0 Å². The van der Waals surface area contributed by atoms with E-state index in [1.54, 1.807) is 0 Å². The monoisotopic (exact) mass is 250 g/mol. The Balaban J connectivity index is 0. The van der Waals surface area contributed by atoms with Crippen LogP contribution in [0.3, 0.4) is 0 Å². The topological polar surface area (TPSA) is 20.2 Å². The van der Waals surface area contributed by atoms with E-state index in [1.165, 1.54) is 22.3 Å². The van der Waals surface area contributed by atoms with Crippen molar-refractivity contribution < 1.29 is 26.8 Å². The normalized spacial score (nSPS) is 19.3. The molecule has 14 heavy (non-hydrogen) atoms. The van der Waals surface area contributed by atoms with Crippen LogP contribution in [0, 0.1) is 5.41 Å². The largest absolute Gasteiger partial charge is 0.392 e. The van der Waals surface area contributed by atoms with Crippen molar-refractivity contribution in [1.29, 1.82) is 0 Å². The molecule has 0 atom stereocenters. The molecule has 0 unspecified atom stereocenters. The van der Waals surface area contributed by atoms with Crippen molar-refractivity contribution >= 4 is 12.4 Å². The Morgan fingerprint density at radius 3 is 1.64 bits per heavy atom. The summed E-state index contributed by atoms with van der Waals surface area (Å²) in [6.07, 6.45) is 0. The zero-order valence-electron chi connectivity index (χ0n) is 9.56. The number of hydrogen-bond acceptors (Lipinski definition) is 1. The van der Waals surface area contributed by atoms with E-state index in [-0.39, 0.29) is 46.1 Å². The number of aliphatic hydroxyl groups excluding tert-OH is 1. The summed E-state index contributed by atoms with van der Waals surface area (Å²) in [4.78, 5) is 0. The molecule has 0 aromatic heterocycles. The molecule has 80 valence electrons. The van der Waals surface area contributed by atoms with E-state index in [0.29, 0.717) is 0 Å². The van der Waals surface area contributed by atoms with Crippen LogP contribution in [0.25, 0.3) is 0 Å². The van der Waals surface area contributed by atoms with Crippen LogP contribution in [0.15, 0.2) is 22.3 Å². The van der Waals surface area contributed by atoms with Crippen molar-refractivity contribution in [2.45, 2.75) is 34.6 Å². The molecule has 1 nitrogen and oxygen atoms in total. The van der Waals surface area contributed by atoms with Gasteiger partial charge in [0.15, 0.2) is 0 Å². The van der Waals surface area contributed by atoms with Crippen LogP contribution in [-0.2, 0) is 21.7 Å². The minimum absolute atomic E-state index is 0. The van der Waals surface area contributed by atoms with E-state index in [9.17, 15) is 5.11 Å². The molecule has 0 saturated heterocycles. The van der Waals surface area contributed by atoms with Gasteiger partial charge in [-0.25, -0.2) is 0 Å².